The van der Waals surface area contributed by atoms with Crippen molar-refractivity contribution in [2.75, 3.05) is 0 Å². The van der Waals surface area contributed by atoms with Crippen molar-refractivity contribution in [1.29, 1.82) is 0 Å². The van der Waals surface area contributed by atoms with Gasteiger partial charge < -0.3 is 4.57 Å². The SMILES string of the molecule is Cc1ccc(C=Nc2cccc(F)c2)n1C. The van der Waals surface area contributed by atoms with Crippen molar-refractivity contribution in [2.45, 2.75) is 6.92 Å². The van der Waals surface area contributed by atoms with Gasteiger partial charge in [0.1, 0.15) is 5.82 Å². The van der Waals surface area contributed by atoms with Crippen LogP contribution in [-0.4, -0.2) is 10.8 Å². The minimum absolute atomic E-state index is 0.266. The van der Waals surface area contributed by atoms with E-state index < -0.39 is 0 Å². The molecule has 0 aliphatic carbocycles. The molecule has 82 valence electrons. The Labute approximate surface area is 94.1 Å². The number of aliphatic imine (C=N–C) groups is 1. The van der Waals surface area contributed by atoms with Gasteiger partial charge in [-0.1, -0.05) is 6.07 Å². The summed E-state index contributed by atoms with van der Waals surface area (Å²) in [7, 11) is 1.97. The molecule has 2 rings (SSSR count). The van der Waals surface area contributed by atoms with Gasteiger partial charge in [-0.05, 0) is 37.3 Å². The van der Waals surface area contributed by atoms with Crippen LogP contribution in [0.4, 0.5) is 10.1 Å². The Morgan fingerprint density at radius 1 is 1.25 bits per heavy atom. The first-order valence-corrected chi connectivity index (χ1v) is 5.09. The number of halogens is 1. The third kappa shape index (κ3) is 2.19. The number of hydrogen-bond acceptors (Lipinski definition) is 1. The highest BCUT2D eigenvalue weighted by Crippen LogP contribution is 2.13. The average molecular weight is 216 g/mol. The maximum atomic E-state index is 12.9. The fourth-order valence-electron chi connectivity index (χ4n) is 1.46. The molecule has 0 N–H and O–H groups in total. The van der Waals surface area contributed by atoms with E-state index in [9.17, 15) is 4.39 Å². The van der Waals surface area contributed by atoms with Gasteiger partial charge in [-0.3, -0.25) is 4.99 Å². The summed E-state index contributed by atoms with van der Waals surface area (Å²) in [5, 5.41) is 0. The number of nitrogens with zero attached hydrogens (tertiary/aromatic N) is 2. The van der Waals surface area contributed by atoms with Crippen molar-refractivity contribution < 1.29 is 4.39 Å². The monoisotopic (exact) mass is 216 g/mol. The molecule has 0 aliphatic rings. The Bertz CT molecular complexity index is 526. The van der Waals surface area contributed by atoms with Crippen LogP contribution in [0, 0.1) is 12.7 Å². The lowest BCUT2D eigenvalue weighted by Crippen LogP contribution is -1.96. The molecule has 0 saturated heterocycles. The predicted molar refractivity (Wildman–Crippen MR) is 63.8 cm³/mol. The summed E-state index contributed by atoms with van der Waals surface area (Å²) < 4.78 is 14.9. The molecule has 0 spiro atoms. The van der Waals surface area contributed by atoms with Gasteiger partial charge in [0.2, 0.25) is 0 Å². The molecule has 2 aromatic rings. The van der Waals surface area contributed by atoms with E-state index in [2.05, 4.69) is 4.99 Å². The first-order valence-electron chi connectivity index (χ1n) is 5.09. The number of hydrogen-bond donors (Lipinski definition) is 0. The highest BCUT2D eigenvalue weighted by molar-refractivity contribution is 5.80. The fourth-order valence-corrected chi connectivity index (χ4v) is 1.46. The summed E-state index contributed by atoms with van der Waals surface area (Å²) >= 11 is 0. The van der Waals surface area contributed by atoms with E-state index in [4.69, 9.17) is 0 Å². The molecule has 0 aliphatic heterocycles. The lowest BCUT2D eigenvalue weighted by molar-refractivity contribution is 0.628. The molecule has 1 heterocycles. The molecule has 0 fully saturated rings. The second kappa shape index (κ2) is 4.31. The Kier molecular flexibility index (Phi) is 2.86. The molecule has 0 atom stereocenters. The molecule has 0 saturated carbocycles. The maximum absolute atomic E-state index is 12.9. The standard InChI is InChI=1S/C13H13FN2/c1-10-6-7-13(16(10)2)9-15-12-5-3-4-11(14)8-12/h3-9H,1-2H3. The van der Waals surface area contributed by atoms with Gasteiger partial charge in [-0.15, -0.1) is 0 Å². The first-order chi connectivity index (χ1) is 7.66. The number of aryl methyl sites for hydroxylation is 1. The Hall–Kier alpha value is -1.90. The van der Waals surface area contributed by atoms with Gasteiger partial charge in [0, 0.05) is 12.7 Å². The quantitative estimate of drug-likeness (QED) is 0.686. The summed E-state index contributed by atoms with van der Waals surface area (Å²) in [5.41, 5.74) is 2.79. The Morgan fingerprint density at radius 3 is 2.69 bits per heavy atom. The molecule has 0 radical (unpaired) electrons. The van der Waals surface area contributed by atoms with Crippen molar-refractivity contribution in [1.82, 2.24) is 4.57 Å². The second-order valence-electron chi connectivity index (χ2n) is 3.70. The van der Waals surface area contributed by atoms with Crippen LogP contribution in [0.25, 0.3) is 0 Å². The van der Waals surface area contributed by atoms with Crippen LogP contribution < -0.4 is 0 Å². The number of rotatable bonds is 2. The van der Waals surface area contributed by atoms with Crippen LogP contribution in [0.5, 0.6) is 0 Å². The molecular weight excluding hydrogens is 203 g/mol. The average Bonchev–Trinajstić information content (AvgIpc) is 2.57. The maximum Gasteiger partial charge on any atom is 0.125 e. The molecule has 0 bridgehead atoms. The zero-order chi connectivity index (χ0) is 11.5. The third-order valence-electron chi connectivity index (χ3n) is 2.57. The third-order valence-corrected chi connectivity index (χ3v) is 2.57. The molecule has 0 amide bonds. The smallest absolute Gasteiger partial charge is 0.125 e. The van der Waals surface area contributed by atoms with Gasteiger partial charge in [-0.2, -0.15) is 0 Å². The fraction of sp³-hybridized carbons (Fsp3) is 0.154. The van der Waals surface area contributed by atoms with Crippen molar-refractivity contribution in [3.63, 3.8) is 0 Å². The van der Waals surface area contributed by atoms with Gasteiger partial charge in [0.25, 0.3) is 0 Å². The summed E-state index contributed by atoms with van der Waals surface area (Å²) in [6, 6.07) is 10.2. The molecule has 1 aromatic heterocycles. The van der Waals surface area contributed by atoms with E-state index in [1.807, 2.05) is 30.7 Å². The van der Waals surface area contributed by atoms with Crippen LogP contribution >= 0.6 is 0 Å². The van der Waals surface area contributed by atoms with Gasteiger partial charge in [-0.25, -0.2) is 4.39 Å². The summed E-state index contributed by atoms with van der Waals surface area (Å²) in [6.45, 7) is 2.03. The number of aromatic nitrogens is 1. The molecular formula is C13H13FN2. The van der Waals surface area contributed by atoms with Crippen LogP contribution in [-0.2, 0) is 7.05 Å². The first kappa shape index (κ1) is 10.6. The normalized spacial score (nSPS) is 11.2. The van der Waals surface area contributed by atoms with Crippen molar-refractivity contribution in [2.24, 2.45) is 12.0 Å². The predicted octanol–water partition coefficient (Wildman–Crippen LogP) is 3.22. The van der Waals surface area contributed by atoms with Crippen LogP contribution in [0.2, 0.25) is 0 Å². The van der Waals surface area contributed by atoms with E-state index in [0.717, 1.165) is 5.69 Å². The lowest BCUT2D eigenvalue weighted by Gasteiger charge is -1.99. The highest BCUT2D eigenvalue weighted by Gasteiger charge is 1.97. The molecule has 2 nitrogen and oxygen atoms in total. The van der Waals surface area contributed by atoms with Crippen LogP contribution in [0.3, 0.4) is 0 Å². The zero-order valence-corrected chi connectivity index (χ0v) is 9.31. The highest BCUT2D eigenvalue weighted by atomic mass is 19.1. The summed E-state index contributed by atoms with van der Waals surface area (Å²) in [5.74, 6) is -0.266. The lowest BCUT2D eigenvalue weighted by atomic mass is 10.3. The van der Waals surface area contributed by atoms with Crippen molar-refractivity contribution >= 4 is 11.9 Å². The van der Waals surface area contributed by atoms with Crippen molar-refractivity contribution in [3.8, 4) is 0 Å². The molecule has 1 aromatic carbocycles. The van der Waals surface area contributed by atoms with Gasteiger partial charge >= 0.3 is 0 Å². The molecule has 0 unspecified atom stereocenters. The number of benzene rings is 1. The Balaban J connectivity index is 2.24. The van der Waals surface area contributed by atoms with Crippen LogP contribution in [0.15, 0.2) is 41.4 Å². The van der Waals surface area contributed by atoms with E-state index in [1.165, 1.54) is 17.8 Å². The van der Waals surface area contributed by atoms with E-state index in [-0.39, 0.29) is 5.82 Å². The molecule has 3 heteroatoms. The summed E-state index contributed by atoms with van der Waals surface area (Å²) in [6.07, 6.45) is 1.74. The second-order valence-corrected chi connectivity index (χ2v) is 3.70. The largest absolute Gasteiger partial charge is 0.347 e. The van der Waals surface area contributed by atoms with Gasteiger partial charge in [0.15, 0.2) is 0 Å². The van der Waals surface area contributed by atoms with Crippen LogP contribution in [0.1, 0.15) is 11.4 Å². The van der Waals surface area contributed by atoms with Gasteiger partial charge in [0.05, 0.1) is 17.6 Å². The van der Waals surface area contributed by atoms with E-state index in [0.29, 0.717) is 5.69 Å². The Morgan fingerprint density at radius 2 is 2.06 bits per heavy atom. The zero-order valence-electron chi connectivity index (χ0n) is 9.31. The van der Waals surface area contributed by atoms with E-state index in [1.54, 1.807) is 18.3 Å². The minimum atomic E-state index is -0.266. The van der Waals surface area contributed by atoms with E-state index >= 15 is 0 Å². The van der Waals surface area contributed by atoms with Crippen molar-refractivity contribution in [3.05, 3.63) is 53.6 Å². The topological polar surface area (TPSA) is 17.3 Å². The summed E-state index contributed by atoms with van der Waals surface area (Å²) in [4.78, 5) is 4.23. The molecule has 16 heavy (non-hydrogen) atoms. The minimum Gasteiger partial charge on any atom is -0.347 e.